The van der Waals surface area contributed by atoms with Gasteiger partial charge in [-0.1, -0.05) is 6.07 Å². The maximum Gasteiger partial charge on any atom is 0.248 e. The number of pyridine rings is 1. The van der Waals surface area contributed by atoms with Gasteiger partial charge >= 0.3 is 0 Å². The largest absolute Gasteiger partial charge is 0.366 e. The third-order valence-corrected chi connectivity index (χ3v) is 3.43. The first-order valence-corrected chi connectivity index (χ1v) is 7.20. The number of carbonyl (C=O) groups excluding carboxylic acids is 1. The first-order chi connectivity index (χ1) is 9.89. The molecule has 5 heteroatoms. The summed E-state index contributed by atoms with van der Waals surface area (Å²) in [5, 5.41) is 8.90. The van der Waals surface area contributed by atoms with E-state index in [1.807, 2.05) is 31.7 Å². The first-order valence-electron chi connectivity index (χ1n) is 7.20. The number of aromatic nitrogens is 1. The molecule has 1 aliphatic heterocycles. The van der Waals surface area contributed by atoms with E-state index in [1.165, 1.54) is 0 Å². The van der Waals surface area contributed by atoms with Gasteiger partial charge in [-0.05, 0) is 38.8 Å². The van der Waals surface area contributed by atoms with Crippen LogP contribution in [0.15, 0.2) is 12.1 Å². The summed E-state index contributed by atoms with van der Waals surface area (Å²) in [7, 11) is 0. The fourth-order valence-corrected chi connectivity index (χ4v) is 2.26. The third-order valence-electron chi connectivity index (χ3n) is 3.43. The molecule has 0 saturated heterocycles. The number of nitrogens with zero attached hydrogens (tertiary/aromatic N) is 3. The molecule has 0 spiro atoms. The smallest absolute Gasteiger partial charge is 0.248 e. The lowest BCUT2D eigenvalue weighted by Crippen LogP contribution is -2.38. The third kappa shape index (κ3) is 4.27. The van der Waals surface area contributed by atoms with Gasteiger partial charge in [0.25, 0.3) is 0 Å². The minimum Gasteiger partial charge on any atom is -0.366 e. The highest BCUT2D eigenvalue weighted by atomic mass is 16.5. The number of amides is 1. The molecular formula is C16H21N3O2. The predicted octanol–water partition coefficient (Wildman–Crippen LogP) is 1.70. The summed E-state index contributed by atoms with van der Waals surface area (Å²) in [5.41, 5.74) is 2.18. The monoisotopic (exact) mass is 287 g/mol. The van der Waals surface area contributed by atoms with Crippen LogP contribution < -0.4 is 0 Å². The predicted molar refractivity (Wildman–Crippen MR) is 78.6 cm³/mol. The van der Waals surface area contributed by atoms with Crippen molar-refractivity contribution in [1.82, 2.24) is 9.88 Å². The van der Waals surface area contributed by atoms with Crippen molar-refractivity contribution >= 4 is 5.91 Å². The van der Waals surface area contributed by atoms with Crippen LogP contribution in [0.25, 0.3) is 0 Å². The molecule has 0 saturated carbocycles. The lowest BCUT2D eigenvalue weighted by molar-refractivity contribution is -0.140. The first kappa shape index (κ1) is 15.5. The second-order valence-corrected chi connectivity index (χ2v) is 6.20. The van der Waals surface area contributed by atoms with Crippen LogP contribution in [-0.2, 0) is 22.4 Å². The summed E-state index contributed by atoms with van der Waals surface area (Å²) in [5.74, 6) is 0.0123. The van der Waals surface area contributed by atoms with Crippen molar-refractivity contribution in [2.75, 3.05) is 19.7 Å². The molecule has 0 fully saturated rings. The fraction of sp³-hybridized carbons (Fsp3) is 0.562. The van der Waals surface area contributed by atoms with Crippen LogP contribution in [0, 0.1) is 11.3 Å². The Hall–Kier alpha value is -1.93. The van der Waals surface area contributed by atoms with Crippen LogP contribution in [0.1, 0.15) is 37.7 Å². The van der Waals surface area contributed by atoms with Crippen LogP contribution in [0.3, 0.4) is 0 Å². The van der Waals surface area contributed by atoms with E-state index in [9.17, 15) is 4.79 Å². The molecule has 5 nitrogen and oxygen atoms in total. The molecule has 1 aromatic rings. The SMILES string of the molecule is CC(C)(C)OCC(=O)N1CCc2ccc(C#N)nc2CC1. The van der Waals surface area contributed by atoms with E-state index >= 15 is 0 Å². The molecule has 0 unspecified atom stereocenters. The zero-order valence-corrected chi connectivity index (χ0v) is 12.8. The highest BCUT2D eigenvalue weighted by molar-refractivity contribution is 5.77. The molecule has 1 amide bonds. The Morgan fingerprint density at radius 2 is 2.10 bits per heavy atom. The number of hydrogen-bond donors (Lipinski definition) is 0. The maximum atomic E-state index is 12.2. The summed E-state index contributed by atoms with van der Waals surface area (Å²) in [6, 6.07) is 5.74. The van der Waals surface area contributed by atoms with Crippen molar-refractivity contribution in [2.45, 2.75) is 39.2 Å². The zero-order chi connectivity index (χ0) is 15.5. The van der Waals surface area contributed by atoms with Gasteiger partial charge in [0.2, 0.25) is 5.91 Å². The van der Waals surface area contributed by atoms with Crippen LogP contribution in [0.2, 0.25) is 0 Å². The summed E-state index contributed by atoms with van der Waals surface area (Å²) >= 11 is 0. The zero-order valence-electron chi connectivity index (χ0n) is 12.8. The molecule has 2 heterocycles. The highest BCUT2D eigenvalue weighted by Gasteiger charge is 2.21. The van der Waals surface area contributed by atoms with E-state index in [2.05, 4.69) is 11.1 Å². The van der Waals surface area contributed by atoms with Gasteiger partial charge < -0.3 is 9.64 Å². The van der Waals surface area contributed by atoms with Crippen molar-refractivity contribution < 1.29 is 9.53 Å². The molecule has 0 aliphatic carbocycles. The van der Waals surface area contributed by atoms with Gasteiger partial charge in [0.1, 0.15) is 18.4 Å². The van der Waals surface area contributed by atoms with Crippen LogP contribution in [-0.4, -0.2) is 41.1 Å². The second-order valence-electron chi connectivity index (χ2n) is 6.20. The molecule has 0 bridgehead atoms. The Balaban J connectivity index is 1.99. The molecule has 112 valence electrons. The number of nitriles is 1. The minimum absolute atomic E-state index is 0.0123. The Bertz CT molecular complexity index is 570. The minimum atomic E-state index is -0.312. The topological polar surface area (TPSA) is 66.2 Å². The molecule has 0 N–H and O–H groups in total. The van der Waals surface area contributed by atoms with Crippen molar-refractivity contribution in [3.8, 4) is 6.07 Å². The van der Waals surface area contributed by atoms with Gasteiger partial charge in [-0.3, -0.25) is 4.79 Å². The highest BCUT2D eigenvalue weighted by Crippen LogP contribution is 2.15. The van der Waals surface area contributed by atoms with Gasteiger partial charge in [0.05, 0.1) is 5.60 Å². The van der Waals surface area contributed by atoms with E-state index in [1.54, 1.807) is 6.07 Å². The Morgan fingerprint density at radius 1 is 1.38 bits per heavy atom. The van der Waals surface area contributed by atoms with Gasteiger partial charge in [-0.25, -0.2) is 4.98 Å². The van der Waals surface area contributed by atoms with E-state index in [0.29, 0.717) is 25.2 Å². The van der Waals surface area contributed by atoms with Crippen LogP contribution in [0.5, 0.6) is 0 Å². The van der Waals surface area contributed by atoms with Crippen molar-refractivity contribution in [2.24, 2.45) is 0 Å². The average Bonchev–Trinajstić information content (AvgIpc) is 2.65. The Morgan fingerprint density at radius 3 is 2.76 bits per heavy atom. The normalized spacial score (nSPS) is 15.0. The summed E-state index contributed by atoms with van der Waals surface area (Å²) in [4.78, 5) is 18.4. The van der Waals surface area contributed by atoms with Crippen LogP contribution >= 0.6 is 0 Å². The van der Waals surface area contributed by atoms with Crippen molar-refractivity contribution in [3.63, 3.8) is 0 Å². The molecule has 0 radical (unpaired) electrons. The quantitative estimate of drug-likeness (QED) is 0.830. The average molecular weight is 287 g/mol. The Kier molecular flexibility index (Phi) is 4.59. The molecule has 0 atom stereocenters. The van der Waals surface area contributed by atoms with Gasteiger partial charge in [0.15, 0.2) is 0 Å². The number of rotatable bonds is 2. The fourth-order valence-electron chi connectivity index (χ4n) is 2.26. The van der Waals surface area contributed by atoms with E-state index in [-0.39, 0.29) is 18.1 Å². The van der Waals surface area contributed by atoms with Crippen molar-refractivity contribution in [1.29, 1.82) is 5.26 Å². The lowest BCUT2D eigenvalue weighted by atomic mass is 10.1. The Labute approximate surface area is 125 Å². The van der Waals surface area contributed by atoms with Gasteiger partial charge in [0, 0.05) is 25.2 Å². The molecular weight excluding hydrogens is 266 g/mol. The van der Waals surface area contributed by atoms with E-state index in [0.717, 1.165) is 17.7 Å². The summed E-state index contributed by atoms with van der Waals surface area (Å²) in [6.45, 7) is 7.22. The van der Waals surface area contributed by atoms with Crippen LogP contribution in [0.4, 0.5) is 0 Å². The number of ether oxygens (including phenoxy) is 1. The molecule has 1 aromatic heterocycles. The molecule has 2 rings (SSSR count). The van der Waals surface area contributed by atoms with Gasteiger partial charge in [-0.15, -0.1) is 0 Å². The molecule has 21 heavy (non-hydrogen) atoms. The number of fused-ring (bicyclic) bond motifs is 1. The van der Waals surface area contributed by atoms with E-state index in [4.69, 9.17) is 10.00 Å². The lowest BCUT2D eigenvalue weighted by Gasteiger charge is -2.24. The van der Waals surface area contributed by atoms with E-state index < -0.39 is 0 Å². The van der Waals surface area contributed by atoms with Crippen molar-refractivity contribution in [3.05, 3.63) is 29.1 Å². The van der Waals surface area contributed by atoms with Gasteiger partial charge in [-0.2, -0.15) is 5.26 Å². The number of hydrogen-bond acceptors (Lipinski definition) is 4. The summed E-state index contributed by atoms with van der Waals surface area (Å²) in [6.07, 6.45) is 1.46. The number of carbonyl (C=O) groups is 1. The standard InChI is InChI=1S/C16H21N3O2/c1-16(2,3)21-11-15(20)19-8-6-12-4-5-13(10-17)18-14(12)7-9-19/h4-5H,6-9,11H2,1-3H3. The molecule has 0 aromatic carbocycles. The second kappa shape index (κ2) is 6.23. The molecule has 1 aliphatic rings. The maximum absolute atomic E-state index is 12.2. The summed E-state index contributed by atoms with van der Waals surface area (Å²) < 4.78 is 5.55.